The summed E-state index contributed by atoms with van der Waals surface area (Å²) in [6, 6.07) is 2.72. The van der Waals surface area contributed by atoms with E-state index in [0.717, 1.165) is 0 Å². The summed E-state index contributed by atoms with van der Waals surface area (Å²) in [6.07, 6.45) is 0.460. The lowest BCUT2D eigenvalue weighted by molar-refractivity contribution is 0.197. The Morgan fingerprint density at radius 1 is 1.07 bits per heavy atom. The molecule has 9 heteroatoms. The van der Waals surface area contributed by atoms with Crippen molar-refractivity contribution in [2.24, 2.45) is 0 Å². The minimum atomic E-state index is -3.08. The number of carbonyl (C=O) groups is 1. The number of urea groups is 1. The van der Waals surface area contributed by atoms with Gasteiger partial charge in [0, 0.05) is 24.7 Å². The second-order valence-corrected chi connectivity index (χ2v) is 8.60. The van der Waals surface area contributed by atoms with Gasteiger partial charge in [-0.3, -0.25) is 0 Å². The lowest BCUT2D eigenvalue weighted by Crippen LogP contribution is -2.43. The number of benzene rings is 1. The predicted octanol–water partition coefficient (Wildman–Crippen LogP) is 2.92. The van der Waals surface area contributed by atoms with Gasteiger partial charge in [-0.15, -0.1) is 0 Å². The number of anilines is 1. The molecule has 1 heterocycles. The van der Waals surface area contributed by atoms with E-state index >= 15 is 0 Å². The van der Waals surface area contributed by atoms with Gasteiger partial charge in [0.15, 0.2) is 21.3 Å². The number of carbonyl (C=O) groups excluding carboxylic acids is 1. The molecule has 1 aliphatic heterocycles. The first-order chi connectivity index (χ1) is 13.3. The monoisotopic (exact) mass is 414 g/mol. The van der Waals surface area contributed by atoms with Gasteiger partial charge in [0.25, 0.3) is 0 Å². The molecule has 28 heavy (non-hydrogen) atoms. The van der Waals surface area contributed by atoms with Crippen LogP contribution in [0.15, 0.2) is 12.1 Å². The fourth-order valence-corrected chi connectivity index (χ4v) is 4.98. The summed E-state index contributed by atoms with van der Waals surface area (Å²) in [5.41, 5.74) is 0.500. The molecular formula is C19H30N2O6S. The van der Waals surface area contributed by atoms with Crippen molar-refractivity contribution in [3.8, 4) is 17.2 Å². The molecule has 0 aromatic heterocycles. The molecule has 0 aliphatic carbocycles. The molecule has 0 spiro atoms. The van der Waals surface area contributed by atoms with E-state index in [1.807, 2.05) is 27.7 Å². The Kier molecular flexibility index (Phi) is 7.79. The Morgan fingerprint density at radius 2 is 1.64 bits per heavy atom. The van der Waals surface area contributed by atoms with Gasteiger partial charge < -0.3 is 24.4 Å². The summed E-state index contributed by atoms with van der Waals surface area (Å²) in [5.74, 6) is 1.59. The molecule has 0 bridgehead atoms. The molecule has 158 valence electrons. The zero-order valence-corrected chi connectivity index (χ0v) is 17.8. The molecule has 1 fully saturated rings. The Labute approximate surface area is 167 Å². The van der Waals surface area contributed by atoms with E-state index < -0.39 is 9.84 Å². The van der Waals surface area contributed by atoms with E-state index in [0.29, 0.717) is 55.7 Å². The topological polar surface area (TPSA) is 94.2 Å². The summed E-state index contributed by atoms with van der Waals surface area (Å²) in [5, 5.41) is 2.84. The smallest absolute Gasteiger partial charge is 0.322 e. The van der Waals surface area contributed by atoms with Crippen LogP contribution < -0.4 is 19.5 Å². The molecule has 1 saturated heterocycles. The second kappa shape index (κ2) is 9.86. The highest BCUT2D eigenvalue weighted by Crippen LogP contribution is 2.41. The van der Waals surface area contributed by atoms with E-state index in [-0.39, 0.29) is 23.6 Å². The maximum atomic E-state index is 12.8. The molecule has 2 rings (SSSR count). The third-order valence-corrected chi connectivity index (χ3v) is 6.16. The SMILES string of the molecule is CCOc1cc(NC(=O)N(CC)C2CCS(=O)(=O)C2)cc(OCC)c1OCC. The molecule has 1 unspecified atom stereocenters. The fraction of sp³-hybridized carbons (Fsp3) is 0.632. The van der Waals surface area contributed by atoms with Crippen molar-refractivity contribution in [2.75, 3.05) is 43.2 Å². The van der Waals surface area contributed by atoms with Crippen LogP contribution in [0.1, 0.15) is 34.1 Å². The number of nitrogens with zero attached hydrogens (tertiary/aromatic N) is 1. The van der Waals surface area contributed by atoms with Gasteiger partial charge in [0.1, 0.15) is 0 Å². The maximum absolute atomic E-state index is 12.8. The standard InChI is InChI=1S/C19H30N2O6S/c1-5-21(15-9-10-28(23,24)13-15)19(22)20-14-11-16(25-6-2)18(27-8-4)17(12-14)26-7-3/h11-12,15H,5-10,13H2,1-4H3,(H,20,22). The molecular weight excluding hydrogens is 384 g/mol. The summed E-state index contributed by atoms with van der Waals surface area (Å²) < 4.78 is 40.5. The first-order valence-corrected chi connectivity index (χ1v) is 11.5. The molecule has 0 radical (unpaired) electrons. The average Bonchev–Trinajstić information content (AvgIpc) is 2.98. The molecule has 2 amide bonds. The molecule has 1 aromatic carbocycles. The van der Waals surface area contributed by atoms with Crippen molar-refractivity contribution in [3.05, 3.63) is 12.1 Å². The lowest BCUT2D eigenvalue weighted by atomic mass is 10.2. The number of hydrogen-bond donors (Lipinski definition) is 1. The van der Waals surface area contributed by atoms with E-state index in [2.05, 4.69) is 5.32 Å². The van der Waals surface area contributed by atoms with E-state index in [4.69, 9.17) is 14.2 Å². The first kappa shape index (κ1) is 22.1. The highest BCUT2D eigenvalue weighted by atomic mass is 32.2. The normalized spacial score (nSPS) is 17.8. The lowest BCUT2D eigenvalue weighted by Gasteiger charge is -2.27. The van der Waals surface area contributed by atoms with Gasteiger partial charge in [-0.05, 0) is 34.1 Å². The number of nitrogens with one attached hydrogen (secondary N) is 1. The van der Waals surface area contributed by atoms with Crippen LogP contribution in [-0.4, -0.2) is 63.3 Å². The second-order valence-electron chi connectivity index (χ2n) is 6.37. The zero-order chi connectivity index (χ0) is 20.7. The first-order valence-electron chi connectivity index (χ1n) is 9.69. The number of sulfone groups is 1. The van der Waals surface area contributed by atoms with E-state index in [9.17, 15) is 13.2 Å². The van der Waals surface area contributed by atoms with Gasteiger partial charge in [-0.25, -0.2) is 13.2 Å². The van der Waals surface area contributed by atoms with Crippen LogP contribution in [0, 0.1) is 0 Å². The molecule has 1 N–H and O–H groups in total. The summed E-state index contributed by atoms with van der Waals surface area (Å²) in [6.45, 7) is 9.16. The van der Waals surface area contributed by atoms with Gasteiger partial charge in [0.2, 0.25) is 5.75 Å². The molecule has 1 atom stereocenters. The van der Waals surface area contributed by atoms with Crippen molar-refractivity contribution < 1.29 is 27.4 Å². The van der Waals surface area contributed by atoms with Crippen LogP contribution in [0.4, 0.5) is 10.5 Å². The summed E-state index contributed by atoms with van der Waals surface area (Å²) in [4.78, 5) is 14.4. The van der Waals surface area contributed by atoms with Crippen molar-refractivity contribution >= 4 is 21.6 Å². The molecule has 8 nitrogen and oxygen atoms in total. The number of ether oxygens (including phenoxy) is 3. The Hall–Kier alpha value is -2.16. The zero-order valence-electron chi connectivity index (χ0n) is 17.0. The fourth-order valence-electron chi connectivity index (χ4n) is 3.24. The van der Waals surface area contributed by atoms with E-state index in [1.165, 1.54) is 0 Å². The minimum absolute atomic E-state index is 0.00588. The largest absolute Gasteiger partial charge is 0.490 e. The molecule has 1 aromatic rings. The van der Waals surface area contributed by atoms with Crippen LogP contribution in [0.2, 0.25) is 0 Å². The van der Waals surface area contributed by atoms with Gasteiger partial charge in [0.05, 0.1) is 37.0 Å². The van der Waals surface area contributed by atoms with Gasteiger partial charge in [-0.1, -0.05) is 0 Å². The van der Waals surface area contributed by atoms with Crippen LogP contribution >= 0.6 is 0 Å². The third-order valence-electron chi connectivity index (χ3n) is 4.41. The van der Waals surface area contributed by atoms with Crippen molar-refractivity contribution in [3.63, 3.8) is 0 Å². The highest BCUT2D eigenvalue weighted by molar-refractivity contribution is 7.91. The average molecular weight is 415 g/mol. The number of rotatable bonds is 9. The minimum Gasteiger partial charge on any atom is -0.490 e. The number of hydrogen-bond acceptors (Lipinski definition) is 6. The summed E-state index contributed by atoms with van der Waals surface area (Å²) >= 11 is 0. The Bertz CT molecular complexity index is 754. The van der Waals surface area contributed by atoms with Crippen LogP contribution in [-0.2, 0) is 9.84 Å². The van der Waals surface area contributed by atoms with Crippen molar-refractivity contribution in [1.82, 2.24) is 4.90 Å². The highest BCUT2D eigenvalue weighted by Gasteiger charge is 2.34. The van der Waals surface area contributed by atoms with Gasteiger partial charge in [-0.2, -0.15) is 0 Å². The van der Waals surface area contributed by atoms with Crippen molar-refractivity contribution in [2.45, 2.75) is 40.2 Å². The number of amides is 2. The van der Waals surface area contributed by atoms with Crippen LogP contribution in [0.3, 0.4) is 0 Å². The predicted molar refractivity (Wildman–Crippen MR) is 108 cm³/mol. The Balaban J connectivity index is 2.26. The van der Waals surface area contributed by atoms with Crippen LogP contribution in [0.25, 0.3) is 0 Å². The molecule has 0 saturated carbocycles. The van der Waals surface area contributed by atoms with E-state index in [1.54, 1.807) is 17.0 Å². The van der Waals surface area contributed by atoms with Gasteiger partial charge >= 0.3 is 6.03 Å². The maximum Gasteiger partial charge on any atom is 0.322 e. The summed E-state index contributed by atoms with van der Waals surface area (Å²) in [7, 11) is -3.08. The molecule has 1 aliphatic rings. The Morgan fingerprint density at radius 3 is 2.07 bits per heavy atom. The van der Waals surface area contributed by atoms with Crippen molar-refractivity contribution in [1.29, 1.82) is 0 Å². The van der Waals surface area contributed by atoms with Crippen LogP contribution in [0.5, 0.6) is 17.2 Å². The quantitative estimate of drug-likeness (QED) is 0.668. The third kappa shape index (κ3) is 5.43.